The van der Waals surface area contributed by atoms with Crippen molar-refractivity contribution in [1.82, 2.24) is 15.1 Å². The summed E-state index contributed by atoms with van der Waals surface area (Å²) in [6, 6.07) is 0. The smallest absolute Gasteiger partial charge is 0.0810 e. The van der Waals surface area contributed by atoms with Crippen molar-refractivity contribution in [3.63, 3.8) is 0 Å². The molecule has 0 aliphatic carbocycles. The van der Waals surface area contributed by atoms with Crippen molar-refractivity contribution in [2.75, 3.05) is 13.2 Å². The summed E-state index contributed by atoms with van der Waals surface area (Å²) in [6.45, 7) is 3.73. The van der Waals surface area contributed by atoms with Crippen LogP contribution < -0.4 is 5.32 Å². The van der Waals surface area contributed by atoms with E-state index in [2.05, 4.69) is 22.1 Å². The highest BCUT2D eigenvalue weighted by Crippen LogP contribution is 2.32. The van der Waals surface area contributed by atoms with Crippen LogP contribution in [-0.2, 0) is 24.9 Å². The van der Waals surface area contributed by atoms with Crippen molar-refractivity contribution >= 4 is 0 Å². The monoisotopic (exact) mass is 207 g/mol. The van der Waals surface area contributed by atoms with Crippen LogP contribution in [0.1, 0.15) is 35.7 Å². The predicted molar refractivity (Wildman–Crippen MR) is 56.5 cm³/mol. The van der Waals surface area contributed by atoms with Gasteiger partial charge in [0.1, 0.15) is 0 Å². The maximum atomic E-state index is 5.41. The van der Waals surface area contributed by atoms with Gasteiger partial charge in [0.2, 0.25) is 0 Å². The normalized spacial score (nSPS) is 21.9. The summed E-state index contributed by atoms with van der Waals surface area (Å²) in [6.07, 6.45) is 2.29. The first-order chi connectivity index (χ1) is 7.36. The molecule has 0 aromatic carbocycles. The maximum absolute atomic E-state index is 5.41. The van der Waals surface area contributed by atoms with Crippen LogP contribution >= 0.6 is 0 Å². The molecule has 0 bridgehead atoms. The highest BCUT2D eigenvalue weighted by molar-refractivity contribution is 5.32. The molecule has 0 saturated carbocycles. The molecule has 1 saturated heterocycles. The van der Waals surface area contributed by atoms with E-state index in [-0.39, 0.29) is 0 Å². The lowest BCUT2D eigenvalue weighted by Crippen LogP contribution is -2.18. The third-order valence-corrected chi connectivity index (χ3v) is 3.48. The summed E-state index contributed by atoms with van der Waals surface area (Å²) in [5, 5.41) is 7.95. The fraction of sp³-hybridized carbons (Fsp3) is 0.727. The van der Waals surface area contributed by atoms with Crippen molar-refractivity contribution in [3.8, 4) is 0 Å². The van der Waals surface area contributed by atoms with Crippen LogP contribution in [0.25, 0.3) is 0 Å². The fourth-order valence-electron chi connectivity index (χ4n) is 2.76. The first kappa shape index (κ1) is 9.36. The van der Waals surface area contributed by atoms with E-state index in [4.69, 9.17) is 4.74 Å². The number of hydrogen-bond donors (Lipinski definition) is 1. The second kappa shape index (κ2) is 3.61. The average molecular weight is 207 g/mol. The molecular weight excluding hydrogens is 190 g/mol. The van der Waals surface area contributed by atoms with Gasteiger partial charge in [0, 0.05) is 50.5 Å². The number of fused-ring (bicyclic) bond motifs is 1. The van der Waals surface area contributed by atoms with E-state index in [9.17, 15) is 0 Å². The third-order valence-electron chi connectivity index (χ3n) is 3.48. The Morgan fingerprint density at radius 1 is 1.33 bits per heavy atom. The molecular formula is C11H17N3O. The summed E-state index contributed by atoms with van der Waals surface area (Å²) in [5.74, 6) is 0.653. The average Bonchev–Trinajstić information content (AvgIpc) is 2.78. The molecule has 4 heteroatoms. The van der Waals surface area contributed by atoms with Crippen molar-refractivity contribution in [2.45, 2.75) is 31.8 Å². The molecule has 4 nitrogen and oxygen atoms in total. The van der Waals surface area contributed by atoms with Gasteiger partial charge in [0.25, 0.3) is 0 Å². The van der Waals surface area contributed by atoms with Gasteiger partial charge in [0.05, 0.1) is 5.69 Å². The topological polar surface area (TPSA) is 39.1 Å². The SMILES string of the molecule is Cn1nc2c(c1C1CCOCC1)CNC2. The van der Waals surface area contributed by atoms with Gasteiger partial charge in [-0.15, -0.1) is 0 Å². The van der Waals surface area contributed by atoms with E-state index in [0.29, 0.717) is 5.92 Å². The van der Waals surface area contributed by atoms with Gasteiger partial charge in [0.15, 0.2) is 0 Å². The number of nitrogens with zero attached hydrogens (tertiary/aromatic N) is 2. The molecule has 15 heavy (non-hydrogen) atoms. The van der Waals surface area contributed by atoms with Crippen LogP contribution in [0.5, 0.6) is 0 Å². The Bertz CT molecular complexity index is 366. The van der Waals surface area contributed by atoms with E-state index in [1.165, 1.54) is 17.0 Å². The van der Waals surface area contributed by atoms with Crippen LogP contribution in [-0.4, -0.2) is 23.0 Å². The van der Waals surface area contributed by atoms with Crippen LogP contribution in [0.4, 0.5) is 0 Å². The van der Waals surface area contributed by atoms with Crippen molar-refractivity contribution in [1.29, 1.82) is 0 Å². The van der Waals surface area contributed by atoms with Crippen LogP contribution in [0.2, 0.25) is 0 Å². The summed E-state index contributed by atoms with van der Waals surface area (Å²) >= 11 is 0. The minimum Gasteiger partial charge on any atom is -0.381 e. The van der Waals surface area contributed by atoms with E-state index < -0.39 is 0 Å². The zero-order chi connectivity index (χ0) is 10.3. The van der Waals surface area contributed by atoms with E-state index in [0.717, 1.165) is 39.1 Å². The summed E-state index contributed by atoms with van der Waals surface area (Å²) < 4.78 is 7.50. The molecule has 1 N–H and O–H groups in total. The molecule has 1 aromatic rings. The molecule has 2 aliphatic heterocycles. The van der Waals surface area contributed by atoms with Crippen molar-refractivity contribution in [3.05, 3.63) is 17.0 Å². The van der Waals surface area contributed by atoms with Crippen LogP contribution in [0.15, 0.2) is 0 Å². The first-order valence-electron chi connectivity index (χ1n) is 5.69. The minimum atomic E-state index is 0.653. The molecule has 3 heterocycles. The number of nitrogens with one attached hydrogen (secondary N) is 1. The van der Waals surface area contributed by atoms with E-state index in [1.807, 2.05) is 0 Å². The molecule has 0 radical (unpaired) electrons. The molecule has 0 atom stereocenters. The Morgan fingerprint density at radius 2 is 2.13 bits per heavy atom. The number of hydrogen-bond acceptors (Lipinski definition) is 3. The van der Waals surface area contributed by atoms with Gasteiger partial charge in [-0.05, 0) is 12.8 Å². The Morgan fingerprint density at radius 3 is 2.93 bits per heavy atom. The molecule has 1 aromatic heterocycles. The second-order valence-corrected chi connectivity index (χ2v) is 4.42. The number of rotatable bonds is 1. The highest BCUT2D eigenvalue weighted by atomic mass is 16.5. The van der Waals surface area contributed by atoms with Gasteiger partial charge in [-0.25, -0.2) is 0 Å². The molecule has 2 aliphatic rings. The lowest BCUT2D eigenvalue weighted by Gasteiger charge is -2.23. The Hall–Kier alpha value is -0.870. The largest absolute Gasteiger partial charge is 0.381 e. The van der Waals surface area contributed by atoms with Crippen LogP contribution in [0.3, 0.4) is 0 Å². The minimum absolute atomic E-state index is 0.653. The second-order valence-electron chi connectivity index (χ2n) is 4.42. The molecule has 0 spiro atoms. The standard InChI is InChI=1S/C11H17N3O/c1-14-11(8-2-4-15-5-3-8)9-6-12-7-10(9)13-14/h8,12H,2-7H2,1H3. The van der Waals surface area contributed by atoms with Gasteiger partial charge in [-0.2, -0.15) is 5.10 Å². The number of ether oxygens (including phenoxy) is 1. The molecule has 0 unspecified atom stereocenters. The maximum Gasteiger partial charge on any atom is 0.0810 e. The Labute approximate surface area is 89.6 Å². The summed E-state index contributed by atoms with van der Waals surface area (Å²) in [7, 11) is 2.07. The van der Waals surface area contributed by atoms with Crippen molar-refractivity contribution in [2.24, 2.45) is 7.05 Å². The summed E-state index contributed by atoms with van der Waals surface area (Å²) in [4.78, 5) is 0. The van der Waals surface area contributed by atoms with Crippen LogP contribution in [0, 0.1) is 0 Å². The highest BCUT2D eigenvalue weighted by Gasteiger charge is 2.27. The molecule has 1 fully saturated rings. The van der Waals surface area contributed by atoms with E-state index in [1.54, 1.807) is 0 Å². The quantitative estimate of drug-likeness (QED) is 0.744. The Kier molecular flexibility index (Phi) is 2.25. The van der Waals surface area contributed by atoms with Gasteiger partial charge in [-0.3, -0.25) is 4.68 Å². The molecule has 82 valence electrons. The zero-order valence-corrected chi connectivity index (χ0v) is 9.12. The lowest BCUT2D eigenvalue weighted by molar-refractivity contribution is 0.0835. The lowest BCUT2D eigenvalue weighted by atomic mass is 9.93. The van der Waals surface area contributed by atoms with Gasteiger partial charge < -0.3 is 10.1 Å². The zero-order valence-electron chi connectivity index (χ0n) is 9.12. The Balaban J connectivity index is 1.95. The fourth-order valence-corrected chi connectivity index (χ4v) is 2.76. The van der Waals surface area contributed by atoms with Crippen molar-refractivity contribution < 1.29 is 4.74 Å². The predicted octanol–water partition coefficient (Wildman–Crippen LogP) is 0.917. The number of aryl methyl sites for hydroxylation is 1. The first-order valence-corrected chi connectivity index (χ1v) is 5.69. The molecule has 0 amide bonds. The van der Waals surface area contributed by atoms with E-state index >= 15 is 0 Å². The third kappa shape index (κ3) is 1.48. The van der Waals surface area contributed by atoms with Gasteiger partial charge in [-0.1, -0.05) is 0 Å². The van der Waals surface area contributed by atoms with Gasteiger partial charge >= 0.3 is 0 Å². The molecule has 3 rings (SSSR count). The summed E-state index contributed by atoms with van der Waals surface area (Å²) in [5.41, 5.74) is 4.14. The number of aromatic nitrogens is 2.